The van der Waals surface area contributed by atoms with Gasteiger partial charge in [-0.25, -0.2) is 4.79 Å². The molecule has 1 atom stereocenters. The van der Waals surface area contributed by atoms with Gasteiger partial charge in [-0.15, -0.1) is 0 Å². The van der Waals surface area contributed by atoms with Crippen LogP contribution in [0.5, 0.6) is 0 Å². The molecular weight excluding hydrogens is 331 g/mol. The van der Waals surface area contributed by atoms with E-state index in [1.807, 2.05) is 0 Å². The van der Waals surface area contributed by atoms with Crippen LogP contribution < -0.4 is 5.32 Å². The first-order valence-electron chi connectivity index (χ1n) is 6.65. The standard InChI is InChI=1S/C14H16Cl2N2O4/c1-14(21)8-17-13(20)18(12(14)19)4-5-22-7-9-2-3-10(15)6-11(9)16/h2-3,6,21H,4-5,7-8H2,1H3,(H,17,20). The lowest BCUT2D eigenvalue weighted by Crippen LogP contribution is -2.63. The lowest BCUT2D eigenvalue weighted by atomic mass is 10.0. The van der Waals surface area contributed by atoms with Crippen molar-refractivity contribution in [2.75, 3.05) is 19.7 Å². The molecule has 1 unspecified atom stereocenters. The maximum atomic E-state index is 11.9. The Morgan fingerprint density at radius 3 is 2.82 bits per heavy atom. The zero-order valence-corrected chi connectivity index (χ0v) is 13.4. The maximum Gasteiger partial charge on any atom is 0.324 e. The van der Waals surface area contributed by atoms with E-state index in [9.17, 15) is 14.7 Å². The number of ether oxygens (including phenoxy) is 1. The number of carbonyl (C=O) groups excluding carboxylic acids is 2. The molecule has 1 aliphatic heterocycles. The molecule has 120 valence electrons. The van der Waals surface area contributed by atoms with Crippen LogP contribution >= 0.6 is 23.2 Å². The van der Waals surface area contributed by atoms with Gasteiger partial charge >= 0.3 is 6.03 Å². The molecule has 0 saturated carbocycles. The summed E-state index contributed by atoms with van der Waals surface area (Å²) in [5, 5.41) is 13.3. The molecule has 0 radical (unpaired) electrons. The van der Waals surface area contributed by atoms with Gasteiger partial charge in [0, 0.05) is 10.0 Å². The molecule has 8 heteroatoms. The molecule has 2 rings (SSSR count). The lowest BCUT2D eigenvalue weighted by Gasteiger charge is -2.34. The van der Waals surface area contributed by atoms with Crippen LogP contribution in [0.4, 0.5) is 4.79 Å². The summed E-state index contributed by atoms with van der Waals surface area (Å²) < 4.78 is 5.42. The first-order valence-corrected chi connectivity index (χ1v) is 7.41. The third-order valence-electron chi connectivity index (χ3n) is 3.27. The number of amides is 3. The fourth-order valence-corrected chi connectivity index (χ4v) is 2.44. The van der Waals surface area contributed by atoms with Gasteiger partial charge in [0.15, 0.2) is 5.60 Å². The van der Waals surface area contributed by atoms with Gasteiger partial charge in [-0.05, 0) is 24.6 Å². The lowest BCUT2D eigenvalue weighted by molar-refractivity contribution is -0.148. The first kappa shape index (κ1) is 17.0. The normalized spacial score (nSPS) is 21.9. The number of hydrogen-bond donors (Lipinski definition) is 2. The summed E-state index contributed by atoms with van der Waals surface area (Å²) in [5.41, 5.74) is -0.833. The number of benzene rings is 1. The molecular formula is C14H16Cl2N2O4. The number of halogens is 2. The molecule has 6 nitrogen and oxygen atoms in total. The molecule has 1 heterocycles. The Bertz CT molecular complexity index is 592. The Labute approximate surface area is 137 Å². The van der Waals surface area contributed by atoms with Crippen molar-refractivity contribution in [1.29, 1.82) is 0 Å². The first-order chi connectivity index (χ1) is 10.3. The monoisotopic (exact) mass is 346 g/mol. The second-order valence-electron chi connectivity index (χ2n) is 5.18. The molecule has 1 aromatic carbocycles. The minimum absolute atomic E-state index is 0.0476. The number of imide groups is 1. The molecule has 2 N–H and O–H groups in total. The zero-order chi connectivity index (χ0) is 16.3. The van der Waals surface area contributed by atoms with Crippen molar-refractivity contribution in [2.24, 2.45) is 0 Å². The third kappa shape index (κ3) is 3.89. The summed E-state index contributed by atoms with van der Waals surface area (Å²) in [5.74, 6) is -0.635. The Morgan fingerprint density at radius 1 is 1.41 bits per heavy atom. The highest BCUT2D eigenvalue weighted by Crippen LogP contribution is 2.21. The number of rotatable bonds is 5. The van der Waals surface area contributed by atoms with Crippen LogP contribution in [0.15, 0.2) is 18.2 Å². The predicted octanol–water partition coefficient (Wildman–Crippen LogP) is 1.81. The second kappa shape index (κ2) is 6.83. The molecule has 0 spiro atoms. The van der Waals surface area contributed by atoms with E-state index in [-0.39, 0.29) is 26.3 Å². The Hall–Kier alpha value is -1.34. The molecule has 1 fully saturated rings. The van der Waals surface area contributed by atoms with Crippen molar-refractivity contribution in [2.45, 2.75) is 19.1 Å². The summed E-state index contributed by atoms with van der Waals surface area (Å²) in [4.78, 5) is 24.5. The Morgan fingerprint density at radius 2 is 2.14 bits per heavy atom. The topological polar surface area (TPSA) is 78.9 Å². The Balaban J connectivity index is 1.85. The molecule has 0 bridgehead atoms. The minimum Gasteiger partial charge on any atom is -0.378 e. The van der Waals surface area contributed by atoms with E-state index in [1.165, 1.54) is 6.92 Å². The van der Waals surface area contributed by atoms with Gasteiger partial charge in [-0.1, -0.05) is 29.3 Å². The van der Waals surface area contributed by atoms with Crippen LogP contribution in [-0.4, -0.2) is 47.2 Å². The van der Waals surface area contributed by atoms with Gasteiger partial charge in [-0.2, -0.15) is 0 Å². The molecule has 3 amide bonds. The number of nitrogens with zero attached hydrogens (tertiary/aromatic N) is 1. The smallest absolute Gasteiger partial charge is 0.324 e. The minimum atomic E-state index is -1.59. The SMILES string of the molecule is CC1(O)CNC(=O)N(CCOCc2ccc(Cl)cc2Cl)C1=O. The van der Waals surface area contributed by atoms with E-state index in [0.29, 0.717) is 10.0 Å². The molecule has 1 aliphatic rings. The zero-order valence-electron chi connectivity index (χ0n) is 11.9. The number of urea groups is 1. The number of carbonyl (C=O) groups is 2. The van der Waals surface area contributed by atoms with E-state index >= 15 is 0 Å². The fraction of sp³-hybridized carbons (Fsp3) is 0.429. The van der Waals surface area contributed by atoms with Crippen LogP contribution in [0.1, 0.15) is 12.5 Å². The van der Waals surface area contributed by atoms with Crippen LogP contribution in [0.25, 0.3) is 0 Å². The Kier molecular flexibility index (Phi) is 5.28. The van der Waals surface area contributed by atoms with Crippen molar-refractivity contribution >= 4 is 35.1 Å². The number of β-amino-alcohol motifs (C(OH)–C–C–N with tert-alkyl or cyclic N) is 1. The van der Waals surface area contributed by atoms with E-state index in [4.69, 9.17) is 27.9 Å². The molecule has 1 saturated heterocycles. The highest BCUT2D eigenvalue weighted by atomic mass is 35.5. The quantitative estimate of drug-likeness (QED) is 0.797. The van der Waals surface area contributed by atoms with Crippen LogP contribution in [-0.2, 0) is 16.1 Å². The van der Waals surface area contributed by atoms with Crippen molar-refractivity contribution in [1.82, 2.24) is 10.2 Å². The largest absolute Gasteiger partial charge is 0.378 e. The third-order valence-corrected chi connectivity index (χ3v) is 3.85. The van der Waals surface area contributed by atoms with E-state index in [0.717, 1.165) is 10.5 Å². The van der Waals surface area contributed by atoms with Gasteiger partial charge in [0.1, 0.15) is 0 Å². The van der Waals surface area contributed by atoms with Gasteiger partial charge in [0.25, 0.3) is 5.91 Å². The summed E-state index contributed by atoms with van der Waals surface area (Å²) in [6.45, 7) is 1.68. The number of aliphatic hydroxyl groups is 1. The summed E-state index contributed by atoms with van der Waals surface area (Å²) in [7, 11) is 0. The van der Waals surface area contributed by atoms with Crippen molar-refractivity contribution in [3.63, 3.8) is 0 Å². The number of nitrogens with one attached hydrogen (secondary N) is 1. The van der Waals surface area contributed by atoms with E-state index < -0.39 is 17.5 Å². The average Bonchev–Trinajstić information content (AvgIpc) is 2.45. The van der Waals surface area contributed by atoms with Gasteiger partial charge < -0.3 is 15.2 Å². The average molecular weight is 347 g/mol. The molecule has 22 heavy (non-hydrogen) atoms. The second-order valence-corrected chi connectivity index (χ2v) is 6.02. The van der Waals surface area contributed by atoms with Gasteiger partial charge in [-0.3, -0.25) is 9.69 Å². The van der Waals surface area contributed by atoms with Crippen LogP contribution in [0.3, 0.4) is 0 Å². The van der Waals surface area contributed by atoms with E-state index in [2.05, 4.69) is 5.32 Å². The van der Waals surface area contributed by atoms with Gasteiger partial charge in [0.05, 0.1) is 26.3 Å². The fourth-order valence-electron chi connectivity index (χ4n) is 1.98. The highest BCUT2D eigenvalue weighted by molar-refractivity contribution is 6.35. The molecule has 0 aromatic heterocycles. The summed E-state index contributed by atoms with van der Waals surface area (Å²) in [6.07, 6.45) is 0. The highest BCUT2D eigenvalue weighted by Gasteiger charge is 2.41. The summed E-state index contributed by atoms with van der Waals surface area (Å²) >= 11 is 11.8. The molecule has 1 aromatic rings. The molecule has 0 aliphatic carbocycles. The number of hydrogen-bond acceptors (Lipinski definition) is 4. The summed E-state index contributed by atoms with van der Waals surface area (Å²) in [6, 6.07) is 4.52. The van der Waals surface area contributed by atoms with Crippen molar-refractivity contribution < 1.29 is 19.4 Å². The van der Waals surface area contributed by atoms with Crippen molar-refractivity contribution in [3.8, 4) is 0 Å². The van der Waals surface area contributed by atoms with Crippen LogP contribution in [0, 0.1) is 0 Å². The van der Waals surface area contributed by atoms with E-state index in [1.54, 1.807) is 18.2 Å². The van der Waals surface area contributed by atoms with Crippen molar-refractivity contribution in [3.05, 3.63) is 33.8 Å². The predicted molar refractivity (Wildman–Crippen MR) is 81.9 cm³/mol. The van der Waals surface area contributed by atoms with Crippen LogP contribution in [0.2, 0.25) is 10.0 Å². The maximum absolute atomic E-state index is 11.9. The van der Waals surface area contributed by atoms with Gasteiger partial charge in [0.2, 0.25) is 0 Å².